The number of carbonyl (C=O) groups is 1. The number of nitrogens with zero attached hydrogens (tertiary/aromatic N) is 2. The molecule has 3 rings (SSSR count). The van der Waals surface area contributed by atoms with E-state index < -0.39 is 0 Å². The Bertz CT molecular complexity index is 432. The van der Waals surface area contributed by atoms with Crippen molar-refractivity contribution in [3.63, 3.8) is 0 Å². The second kappa shape index (κ2) is 5.85. The molecule has 0 aromatic heterocycles. The third-order valence-electron chi connectivity index (χ3n) is 4.42. The Morgan fingerprint density at radius 1 is 1.16 bits per heavy atom. The first-order chi connectivity index (χ1) is 9.33. The SMILES string of the molecule is O=C(CCN1CCN2CCCC2C1)c1ccccc1. The van der Waals surface area contributed by atoms with E-state index in [1.165, 1.54) is 25.9 Å². The lowest BCUT2D eigenvalue weighted by Gasteiger charge is -2.37. The molecule has 102 valence electrons. The van der Waals surface area contributed by atoms with Gasteiger partial charge in [-0.2, -0.15) is 0 Å². The molecule has 2 aliphatic rings. The summed E-state index contributed by atoms with van der Waals surface area (Å²) in [5.41, 5.74) is 0.849. The Hall–Kier alpha value is -1.19. The van der Waals surface area contributed by atoms with Crippen molar-refractivity contribution >= 4 is 5.78 Å². The van der Waals surface area contributed by atoms with Gasteiger partial charge in [0.2, 0.25) is 0 Å². The number of rotatable bonds is 4. The molecule has 3 heteroatoms. The summed E-state index contributed by atoms with van der Waals surface area (Å²) < 4.78 is 0. The lowest BCUT2D eigenvalue weighted by molar-refractivity contribution is 0.0871. The van der Waals surface area contributed by atoms with E-state index in [1.54, 1.807) is 0 Å². The molecule has 19 heavy (non-hydrogen) atoms. The number of fused-ring (bicyclic) bond motifs is 1. The molecule has 1 aromatic carbocycles. The van der Waals surface area contributed by atoms with Gasteiger partial charge >= 0.3 is 0 Å². The van der Waals surface area contributed by atoms with Crippen molar-refractivity contribution in [3.05, 3.63) is 35.9 Å². The van der Waals surface area contributed by atoms with Crippen molar-refractivity contribution in [1.29, 1.82) is 0 Å². The highest BCUT2D eigenvalue weighted by Gasteiger charge is 2.30. The second-order valence-electron chi connectivity index (χ2n) is 5.67. The van der Waals surface area contributed by atoms with E-state index in [0.717, 1.165) is 31.2 Å². The Morgan fingerprint density at radius 3 is 2.84 bits per heavy atom. The van der Waals surface area contributed by atoms with E-state index in [1.807, 2.05) is 30.3 Å². The minimum absolute atomic E-state index is 0.273. The molecule has 0 amide bonds. The number of hydrogen-bond acceptors (Lipinski definition) is 3. The number of carbonyl (C=O) groups excluding carboxylic acids is 1. The molecule has 2 heterocycles. The van der Waals surface area contributed by atoms with Crippen molar-refractivity contribution in [2.75, 3.05) is 32.7 Å². The van der Waals surface area contributed by atoms with E-state index in [2.05, 4.69) is 9.80 Å². The van der Waals surface area contributed by atoms with Crippen LogP contribution in [0, 0.1) is 0 Å². The molecule has 0 spiro atoms. The van der Waals surface area contributed by atoms with Gasteiger partial charge in [0.1, 0.15) is 0 Å². The molecule has 1 unspecified atom stereocenters. The van der Waals surface area contributed by atoms with Crippen LogP contribution in [0.1, 0.15) is 29.6 Å². The fraction of sp³-hybridized carbons (Fsp3) is 0.562. The topological polar surface area (TPSA) is 23.6 Å². The van der Waals surface area contributed by atoms with E-state index in [4.69, 9.17) is 0 Å². The summed E-state index contributed by atoms with van der Waals surface area (Å²) >= 11 is 0. The van der Waals surface area contributed by atoms with Crippen LogP contribution in [-0.2, 0) is 0 Å². The molecular weight excluding hydrogens is 236 g/mol. The van der Waals surface area contributed by atoms with Crippen LogP contribution in [0.15, 0.2) is 30.3 Å². The molecular formula is C16H22N2O. The first kappa shape index (κ1) is 12.8. The normalized spacial score (nSPS) is 24.3. The van der Waals surface area contributed by atoms with Crippen molar-refractivity contribution in [1.82, 2.24) is 9.80 Å². The number of Topliss-reactive ketones (excluding diaryl/α,β-unsaturated/α-hetero) is 1. The first-order valence-electron chi connectivity index (χ1n) is 7.37. The number of benzene rings is 1. The third kappa shape index (κ3) is 3.04. The molecule has 3 nitrogen and oxygen atoms in total. The number of ketones is 1. The lowest BCUT2D eigenvalue weighted by Crippen LogP contribution is -2.50. The van der Waals surface area contributed by atoms with Crippen LogP contribution >= 0.6 is 0 Å². The Labute approximate surface area is 115 Å². The zero-order valence-corrected chi connectivity index (χ0v) is 11.4. The van der Waals surface area contributed by atoms with Gasteiger partial charge in [0.25, 0.3) is 0 Å². The van der Waals surface area contributed by atoms with E-state index >= 15 is 0 Å². The van der Waals surface area contributed by atoms with Crippen LogP contribution in [0.25, 0.3) is 0 Å². The molecule has 2 fully saturated rings. The molecule has 0 bridgehead atoms. The van der Waals surface area contributed by atoms with E-state index in [0.29, 0.717) is 6.42 Å². The highest BCUT2D eigenvalue weighted by Crippen LogP contribution is 2.21. The van der Waals surface area contributed by atoms with Gasteiger partial charge in [0, 0.05) is 44.2 Å². The van der Waals surface area contributed by atoms with Gasteiger partial charge in [-0.3, -0.25) is 9.69 Å². The minimum atomic E-state index is 0.273. The molecule has 0 radical (unpaired) electrons. The summed E-state index contributed by atoms with van der Waals surface area (Å²) in [6.45, 7) is 5.66. The number of piperazine rings is 1. The van der Waals surface area contributed by atoms with Crippen LogP contribution in [-0.4, -0.2) is 54.3 Å². The molecule has 2 aliphatic heterocycles. The van der Waals surface area contributed by atoms with Gasteiger partial charge in [0.05, 0.1) is 0 Å². The van der Waals surface area contributed by atoms with Crippen LogP contribution < -0.4 is 0 Å². The van der Waals surface area contributed by atoms with Crippen molar-refractivity contribution < 1.29 is 4.79 Å². The summed E-state index contributed by atoms with van der Waals surface area (Å²) in [7, 11) is 0. The highest BCUT2D eigenvalue weighted by atomic mass is 16.1. The van der Waals surface area contributed by atoms with Crippen LogP contribution in [0.4, 0.5) is 0 Å². The largest absolute Gasteiger partial charge is 0.300 e. The highest BCUT2D eigenvalue weighted by molar-refractivity contribution is 5.96. The maximum absolute atomic E-state index is 12.1. The van der Waals surface area contributed by atoms with Gasteiger partial charge in [0.15, 0.2) is 5.78 Å². The van der Waals surface area contributed by atoms with Crippen molar-refractivity contribution in [3.8, 4) is 0 Å². The van der Waals surface area contributed by atoms with Crippen LogP contribution in [0.2, 0.25) is 0 Å². The molecule has 0 N–H and O–H groups in total. The quantitative estimate of drug-likeness (QED) is 0.772. The molecule has 2 saturated heterocycles. The number of hydrogen-bond donors (Lipinski definition) is 0. The maximum Gasteiger partial charge on any atom is 0.164 e. The van der Waals surface area contributed by atoms with E-state index in [-0.39, 0.29) is 5.78 Å². The van der Waals surface area contributed by atoms with Gasteiger partial charge in [-0.25, -0.2) is 0 Å². The maximum atomic E-state index is 12.1. The standard InChI is InChI=1S/C16H22N2O/c19-16(14-5-2-1-3-6-14)8-10-17-11-12-18-9-4-7-15(18)13-17/h1-3,5-6,15H,4,7-13H2. The zero-order valence-electron chi connectivity index (χ0n) is 11.4. The zero-order chi connectivity index (χ0) is 13.1. The summed E-state index contributed by atoms with van der Waals surface area (Å²) in [5, 5.41) is 0. The summed E-state index contributed by atoms with van der Waals surface area (Å²) in [4.78, 5) is 17.2. The minimum Gasteiger partial charge on any atom is -0.300 e. The fourth-order valence-corrected chi connectivity index (χ4v) is 3.29. The van der Waals surface area contributed by atoms with Crippen molar-refractivity contribution in [2.45, 2.75) is 25.3 Å². The second-order valence-corrected chi connectivity index (χ2v) is 5.67. The molecule has 1 atom stereocenters. The average Bonchev–Trinajstić information content (AvgIpc) is 2.93. The van der Waals surface area contributed by atoms with Crippen LogP contribution in [0.5, 0.6) is 0 Å². The fourth-order valence-electron chi connectivity index (χ4n) is 3.29. The summed E-state index contributed by atoms with van der Waals surface area (Å²) in [6.07, 6.45) is 3.33. The average molecular weight is 258 g/mol. The molecule has 1 aromatic rings. The van der Waals surface area contributed by atoms with Gasteiger partial charge in [-0.15, -0.1) is 0 Å². The summed E-state index contributed by atoms with van der Waals surface area (Å²) in [5.74, 6) is 0.273. The van der Waals surface area contributed by atoms with Gasteiger partial charge < -0.3 is 4.90 Å². The van der Waals surface area contributed by atoms with Crippen LogP contribution in [0.3, 0.4) is 0 Å². The van der Waals surface area contributed by atoms with Gasteiger partial charge in [-0.1, -0.05) is 30.3 Å². The monoisotopic (exact) mass is 258 g/mol. The Morgan fingerprint density at radius 2 is 2.00 bits per heavy atom. The predicted octanol–water partition coefficient (Wildman–Crippen LogP) is 2.04. The Kier molecular flexibility index (Phi) is 3.95. The van der Waals surface area contributed by atoms with Crippen molar-refractivity contribution in [2.24, 2.45) is 0 Å². The lowest BCUT2D eigenvalue weighted by atomic mass is 10.1. The third-order valence-corrected chi connectivity index (χ3v) is 4.42. The first-order valence-corrected chi connectivity index (χ1v) is 7.37. The van der Waals surface area contributed by atoms with E-state index in [9.17, 15) is 4.79 Å². The molecule has 0 aliphatic carbocycles. The smallest absolute Gasteiger partial charge is 0.164 e. The predicted molar refractivity (Wildman–Crippen MR) is 76.4 cm³/mol. The Balaban J connectivity index is 1.49. The molecule has 0 saturated carbocycles. The summed E-state index contributed by atoms with van der Waals surface area (Å²) in [6, 6.07) is 10.4. The van der Waals surface area contributed by atoms with Gasteiger partial charge in [-0.05, 0) is 19.4 Å².